The van der Waals surface area contributed by atoms with Gasteiger partial charge in [-0.3, -0.25) is 0 Å². The molecule has 2 heteroatoms. The largest absolute Gasteiger partial charge is 0.196 e. The third-order valence-corrected chi connectivity index (χ3v) is 7.03. The van der Waals surface area contributed by atoms with Gasteiger partial charge in [-0.1, -0.05) is 49.8 Å². The molecule has 0 unspecified atom stereocenters. The van der Waals surface area contributed by atoms with Crippen molar-refractivity contribution in [1.29, 1.82) is 5.26 Å². The first-order valence-corrected chi connectivity index (χ1v) is 11.2. The molecule has 2 fully saturated rings. The summed E-state index contributed by atoms with van der Waals surface area (Å²) in [5, 5.41) is 8.61. The second-order valence-electron chi connectivity index (χ2n) is 8.85. The molecule has 28 heavy (non-hydrogen) atoms. The first-order chi connectivity index (χ1) is 13.6. The van der Waals surface area contributed by atoms with Gasteiger partial charge in [0.1, 0.15) is 6.07 Å². The molecule has 2 aliphatic carbocycles. The van der Waals surface area contributed by atoms with E-state index >= 15 is 0 Å². The van der Waals surface area contributed by atoms with Crippen LogP contribution < -0.4 is 0 Å². The molecule has 0 aliphatic heterocycles. The van der Waals surface area contributed by atoms with Crippen LogP contribution in [-0.4, -0.2) is 0 Å². The lowest BCUT2D eigenvalue weighted by atomic mass is 9.70. The van der Waals surface area contributed by atoms with Crippen LogP contribution in [0.3, 0.4) is 0 Å². The topological polar surface area (TPSA) is 23.8 Å². The van der Waals surface area contributed by atoms with Gasteiger partial charge in [-0.2, -0.15) is 9.65 Å². The third kappa shape index (κ3) is 5.34. The minimum atomic E-state index is -0.622. The number of halogens is 1. The molecule has 2 aliphatic rings. The maximum Gasteiger partial charge on any atom is 0.196 e. The average molecular weight is 380 g/mol. The van der Waals surface area contributed by atoms with E-state index < -0.39 is 5.83 Å². The highest BCUT2D eigenvalue weighted by Crippen LogP contribution is 2.43. The number of nitriles is 1. The predicted molar refractivity (Wildman–Crippen MR) is 115 cm³/mol. The first kappa shape index (κ1) is 20.8. The Morgan fingerprint density at radius 2 is 1.61 bits per heavy atom. The Balaban J connectivity index is 1.47. The van der Waals surface area contributed by atoms with Gasteiger partial charge in [0.15, 0.2) is 5.83 Å². The predicted octanol–water partition coefficient (Wildman–Crippen LogP) is 7.65. The summed E-state index contributed by atoms with van der Waals surface area (Å²) in [6.07, 6.45) is 13.1. The van der Waals surface area contributed by atoms with Crippen LogP contribution in [0, 0.1) is 29.1 Å². The van der Waals surface area contributed by atoms with E-state index in [4.69, 9.17) is 5.26 Å². The van der Waals surface area contributed by atoms with Crippen LogP contribution >= 0.6 is 0 Å². The van der Waals surface area contributed by atoms with Crippen LogP contribution in [0.4, 0.5) is 4.39 Å². The standard InChI is InChI=1S/C26H34FN/c1-3-4-20-5-11-24(12-6-20)25-15-13-23(14-16-25)19(2)22-9-7-21(8-10-22)17-26(27)18-28/h5-6,11-12,17,21-23,25H,2-4,7-10,13-16H2,1H3/b26-17+. The van der Waals surface area contributed by atoms with Gasteiger partial charge in [0.05, 0.1) is 0 Å². The molecule has 0 heterocycles. The highest BCUT2D eigenvalue weighted by atomic mass is 19.1. The van der Waals surface area contributed by atoms with E-state index in [-0.39, 0.29) is 5.92 Å². The zero-order valence-corrected chi connectivity index (χ0v) is 17.3. The first-order valence-electron chi connectivity index (χ1n) is 11.2. The van der Waals surface area contributed by atoms with Crippen molar-refractivity contribution < 1.29 is 4.39 Å². The molecule has 0 radical (unpaired) electrons. The van der Waals surface area contributed by atoms with E-state index in [0.29, 0.717) is 17.8 Å². The normalized spacial score (nSPS) is 28.5. The molecular weight excluding hydrogens is 345 g/mol. The van der Waals surface area contributed by atoms with E-state index in [2.05, 4.69) is 37.8 Å². The molecule has 150 valence electrons. The Bertz CT molecular complexity index is 708. The zero-order chi connectivity index (χ0) is 19.9. The summed E-state index contributed by atoms with van der Waals surface area (Å²) in [5.41, 5.74) is 4.41. The number of rotatable bonds is 6. The smallest absolute Gasteiger partial charge is 0.195 e. The summed E-state index contributed by atoms with van der Waals surface area (Å²) in [4.78, 5) is 0. The van der Waals surface area contributed by atoms with Crippen LogP contribution in [0.1, 0.15) is 81.8 Å². The summed E-state index contributed by atoms with van der Waals surface area (Å²) in [6, 6.07) is 10.9. The van der Waals surface area contributed by atoms with E-state index in [1.54, 1.807) is 6.07 Å². The number of benzene rings is 1. The monoisotopic (exact) mass is 379 g/mol. The van der Waals surface area contributed by atoms with Gasteiger partial charge in [-0.25, -0.2) is 0 Å². The molecule has 0 atom stereocenters. The van der Waals surface area contributed by atoms with Crippen molar-refractivity contribution in [2.24, 2.45) is 17.8 Å². The molecule has 0 amide bonds. The van der Waals surface area contributed by atoms with Gasteiger partial charge >= 0.3 is 0 Å². The van der Waals surface area contributed by atoms with Crippen molar-refractivity contribution >= 4 is 0 Å². The number of hydrogen-bond donors (Lipinski definition) is 0. The Labute approximate surface area is 170 Å². The van der Waals surface area contributed by atoms with Crippen LogP contribution in [0.2, 0.25) is 0 Å². The molecule has 0 spiro atoms. The third-order valence-electron chi connectivity index (χ3n) is 7.03. The summed E-state index contributed by atoms with van der Waals surface area (Å²) in [7, 11) is 0. The van der Waals surface area contributed by atoms with Crippen molar-refractivity contribution in [3.05, 3.63) is 59.4 Å². The molecule has 0 N–H and O–H groups in total. The average Bonchev–Trinajstić information content (AvgIpc) is 2.74. The summed E-state index contributed by atoms with van der Waals surface area (Å²) >= 11 is 0. The van der Waals surface area contributed by atoms with Gasteiger partial charge in [-0.15, -0.1) is 0 Å². The molecule has 0 saturated heterocycles. The molecule has 1 nitrogen and oxygen atoms in total. The fourth-order valence-corrected chi connectivity index (χ4v) is 5.28. The summed E-state index contributed by atoms with van der Waals surface area (Å²) in [6.45, 7) is 6.72. The number of allylic oxidation sites excluding steroid dienone is 3. The van der Waals surface area contributed by atoms with E-state index in [0.717, 1.165) is 25.7 Å². The van der Waals surface area contributed by atoms with E-state index in [9.17, 15) is 4.39 Å². The van der Waals surface area contributed by atoms with Crippen LogP contribution in [0.15, 0.2) is 48.3 Å². The van der Waals surface area contributed by atoms with Gasteiger partial charge in [0.25, 0.3) is 0 Å². The van der Waals surface area contributed by atoms with Crippen molar-refractivity contribution in [1.82, 2.24) is 0 Å². The molecule has 3 rings (SSSR count). The lowest BCUT2D eigenvalue weighted by molar-refractivity contribution is 0.289. The maximum atomic E-state index is 13.2. The highest BCUT2D eigenvalue weighted by molar-refractivity contribution is 5.26. The van der Waals surface area contributed by atoms with Gasteiger partial charge in [-0.05, 0) is 98.7 Å². The molecular formula is C26H34FN. The number of aryl methyl sites for hydroxylation is 1. The number of hydrogen-bond acceptors (Lipinski definition) is 1. The maximum absolute atomic E-state index is 13.2. The highest BCUT2D eigenvalue weighted by Gasteiger charge is 2.29. The lowest BCUT2D eigenvalue weighted by Crippen LogP contribution is -2.22. The molecule has 1 aromatic rings. The van der Waals surface area contributed by atoms with Gasteiger partial charge < -0.3 is 0 Å². The van der Waals surface area contributed by atoms with E-state index in [1.807, 2.05) is 0 Å². The number of nitrogens with zero attached hydrogens (tertiary/aromatic N) is 1. The van der Waals surface area contributed by atoms with Crippen molar-refractivity contribution in [2.75, 3.05) is 0 Å². The van der Waals surface area contributed by atoms with Crippen molar-refractivity contribution in [3.63, 3.8) is 0 Å². The van der Waals surface area contributed by atoms with Crippen LogP contribution in [-0.2, 0) is 6.42 Å². The van der Waals surface area contributed by atoms with Crippen LogP contribution in [0.5, 0.6) is 0 Å². The van der Waals surface area contributed by atoms with E-state index in [1.165, 1.54) is 61.3 Å². The summed E-state index contributed by atoms with van der Waals surface area (Å²) in [5.74, 6) is 1.56. The lowest BCUT2D eigenvalue weighted by Gasteiger charge is -2.35. The van der Waals surface area contributed by atoms with Crippen LogP contribution in [0.25, 0.3) is 0 Å². The molecule has 0 aromatic heterocycles. The Kier molecular flexibility index (Phi) is 7.49. The Morgan fingerprint density at radius 1 is 1.04 bits per heavy atom. The second kappa shape index (κ2) is 10.1. The Hall–Kier alpha value is -1.88. The molecule has 2 saturated carbocycles. The molecule has 0 bridgehead atoms. The Morgan fingerprint density at radius 3 is 2.14 bits per heavy atom. The van der Waals surface area contributed by atoms with Gasteiger partial charge in [0, 0.05) is 0 Å². The fourth-order valence-electron chi connectivity index (χ4n) is 5.28. The van der Waals surface area contributed by atoms with Crippen molar-refractivity contribution in [2.45, 2.75) is 77.0 Å². The zero-order valence-electron chi connectivity index (χ0n) is 17.3. The molecule has 1 aromatic carbocycles. The quantitative estimate of drug-likeness (QED) is 0.368. The minimum Gasteiger partial charge on any atom is -0.195 e. The summed E-state index contributed by atoms with van der Waals surface area (Å²) < 4.78 is 13.2. The van der Waals surface area contributed by atoms with Crippen molar-refractivity contribution in [3.8, 4) is 6.07 Å². The van der Waals surface area contributed by atoms with Gasteiger partial charge in [0.2, 0.25) is 0 Å². The second-order valence-corrected chi connectivity index (χ2v) is 8.85. The minimum absolute atomic E-state index is 0.232. The SMILES string of the molecule is C=C(C1CCC(/C=C(/F)C#N)CC1)C1CCC(c2ccc(CCC)cc2)CC1. The fraction of sp³-hybridized carbons (Fsp3) is 0.577.